The molecule has 0 saturated heterocycles. The molecule has 0 amide bonds. The average Bonchev–Trinajstić information content (AvgIpc) is 2.44. The number of hydrogen-bond acceptors (Lipinski definition) is 0. The van der Waals surface area contributed by atoms with Crippen molar-refractivity contribution in [3.05, 3.63) is 12.2 Å². The van der Waals surface area contributed by atoms with Gasteiger partial charge in [-0.3, -0.25) is 0 Å². The van der Waals surface area contributed by atoms with Gasteiger partial charge in [-0.15, -0.1) is 6.42 Å². The highest BCUT2D eigenvalue weighted by Gasteiger charge is 2.34. The molecule has 0 aromatic heterocycles. The van der Waals surface area contributed by atoms with Gasteiger partial charge in [-0.25, -0.2) is 0 Å². The van der Waals surface area contributed by atoms with Gasteiger partial charge in [0.15, 0.2) is 0 Å². The fourth-order valence-corrected chi connectivity index (χ4v) is 0.738. The van der Waals surface area contributed by atoms with Gasteiger partial charge in [0.25, 0.3) is 0 Å². The van der Waals surface area contributed by atoms with E-state index in [0.717, 1.165) is 0 Å². The fourth-order valence-electron chi connectivity index (χ4n) is 0.738. The van der Waals surface area contributed by atoms with Gasteiger partial charge in [0.1, 0.15) is 0 Å². The Bertz CT molecular complexity index is 149. The van der Waals surface area contributed by atoms with Crippen molar-refractivity contribution in [3.8, 4) is 12.3 Å². The first kappa shape index (κ1) is 5.44. The van der Waals surface area contributed by atoms with Crippen LogP contribution in [0.3, 0.4) is 0 Å². The summed E-state index contributed by atoms with van der Waals surface area (Å²) in [7, 11) is 0. The molecule has 0 radical (unpaired) electrons. The molecule has 0 nitrogen and oxygen atoms in total. The standard InChI is InChI=1S/C8H10/c1-4-8(5-6-8)7(2)3/h1,5-7H,2-3H3. The molecule has 42 valence electrons. The van der Waals surface area contributed by atoms with E-state index >= 15 is 0 Å². The lowest BCUT2D eigenvalue weighted by atomic mass is 9.91. The van der Waals surface area contributed by atoms with Crippen LogP contribution in [-0.2, 0) is 0 Å². The number of terminal acetylenes is 1. The summed E-state index contributed by atoms with van der Waals surface area (Å²) in [6, 6.07) is 0. The number of rotatable bonds is 1. The zero-order chi connectivity index (χ0) is 6.20. The molecule has 0 saturated carbocycles. The van der Waals surface area contributed by atoms with Crippen LogP contribution >= 0.6 is 0 Å². The maximum Gasteiger partial charge on any atom is 0.0695 e. The lowest BCUT2D eigenvalue weighted by molar-refractivity contribution is 0.508. The number of allylic oxidation sites excluding steroid dienone is 2. The van der Waals surface area contributed by atoms with Crippen molar-refractivity contribution >= 4 is 0 Å². The predicted molar refractivity (Wildman–Crippen MR) is 35.2 cm³/mol. The van der Waals surface area contributed by atoms with Crippen LogP contribution in [0.25, 0.3) is 0 Å². The van der Waals surface area contributed by atoms with Gasteiger partial charge in [-0.05, 0) is 5.92 Å². The molecule has 0 heteroatoms. The molecular weight excluding hydrogens is 96.1 g/mol. The molecule has 0 aromatic carbocycles. The minimum absolute atomic E-state index is 0.0694. The summed E-state index contributed by atoms with van der Waals surface area (Å²) < 4.78 is 0. The van der Waals surface area contributed by atoms with E-state index < -0.39 is 0 Å². The first-order valence-electron chi connectivity index (χ1n) is 2.89. The maximum atomic E-state index is 5.26. The summed E-state index contributed by atoms with van der Waals surface area (Å²) in [5.41, 5.74) is 0.0694. The first-order valence-corrected chi connectivity index (χ1v) is 2.89. The summed E-state index contributed by atoms with van der Waals surface area (Å²) in [5, 5.41) is 0. The topological polar surface area (TPSA) is 0 Å². The molecular formula is C8H10. The Morgan fingerprint density at radius 2 is 2.00 bits per heavy atom. The molecule has 1 aliphatic rings. The molecule has 1 rings (SSSR count). The largest absolute Gasteiger partial charge is 0.119 e. The molecule has 0 bridgehead atoms. The fraction of sp³-hybridized carbons (Fsp3) is 0.500. The normalized spacial score (nSPS) is 20.8. The van der Waals surface area contributed by atoms with E-state index in [-0.39, 0.29) is 5.41 Å². The zero-order valence-corrected chi connectivity index (χ0v) is 5.31. The first-order chi connectivity index (χ1) is 3.71. The lowest BCUT2D eigenvalue weighted by Gasteiger charge is -2.10. The molecule has 0 fully saturated rings. The van der Waals surface area contributed by atoms with Crippen LogP contribution in [0, 0.1) is 23.7 Å². The van der Waals surface area contributed by atoms with Gasteiger partial charge in [0, 0.05) is 0 Å². The molecule has 0 unspecified atom stereocenters. The van der Waals surface area contributed by atoms with E-state index in [2.05, 4.69) is 31.9 Å². The Morgan fingerprint density at radius 3 is 2.00 bits per heavy atom. The van der Waals surface area contributed by atoms with E-state index in [9.17, 15) is 0 Å². The quantitative estimate of drug-likeness (QED) is 0.353. The summed E-state index contributed by atoms with van der Waals surface area (Å²) in [6.45, 7) is 4.28. The highest BCUT2D eigenvalue weighted by atomic mass is 14.4. The molecule has 0 aromatic rings. The van der Waals surface area contributed by atoms with Crippen molar-refractivity contribution in [2.45, 2.75) is 13.8 Å². The minimum atomic E-state index is 0.0694. The Morgan fingerprint density at radius 1 is 1.50 bits per heavy atom. The van der Waals surface area contributed by atoms with E-state index in [1.165, 1.54) is 0 Å². The Hall–Kier alpha value is -0.700. The van der Waals surface area contributed by atoms with Crippen LogP contribution in [0.2, 0.25) is 0 Å². The van der Waals surface area contributed by atoms with Crippen LogP contribution in [0.1, 0.15) is 13.8 Å². The van der Waals surface area contributed by atoms with Crippen LogP contribution in [0.15, 0.2) is 12.2 Å². The lowest BCUT2D eigenvalue weighted by Crippen LogP contribution is -2.07. The van der Waals surface area contributed by atoms with Gasteiger partial charge in [-0.1, -0.05) is 31.9 Å². The van der Waals surface area contributed by atoms with Crippen molar-refractivity contribution in [3.63, 3.8) is 0 Å². The highest BCUT2D eigenvalue weighted by Crippen LogP contribution is 2.40. The van der Waals surface area contributed by atoms with Gasteiger partial charge in [0.05, 0.1) is 5.41 Å². The third kappa shape index (κ3) is 0.554. The van der Waals surface area contributed by atoms with Crippen LogP contribution in [-0.4, -0.2) is 0 Å². The van der Waals surface area contributed by atoms with Crippen molar-refractivity contribution < 1.29 is 0 Å². The molecule has 0 N–H and O–H groups in total. The molecule has 1 aliphatic carbocycles. The second kappa shape index (κ2) is 1.39. The van der Waals surface area contributed by atoms with Crippen LogP contribution in [0.4, 0.5) is 0 Å². The predicted octanol–water partition coefficient (Wildman–Crippen LogP) is 1.83. The Balaban J connectivity index is 2.59. The SMILES string of the molecule is C#CC1(C(C)C)C=C1. The molecule has 0 heterocycles. The van der Waals surface area contributed by atoms with Gasteiger partial charge in [-0.2, -0.15) is 0 Å². The van der Waals surface area contributed by atoms with Crippen molar-refractivity contribution in [1.29, 1.82) is 0 Å². The maximum absolute atomic E-state index is 5.26. The molecule has 8 heavy (non-hydrogen) atoms. The van der Waals surface area contributed by atoms with E-state index in [4.69, 9.17) is 6.42 Å². The van der Waals surface area contributed by atoms with Gasteiger partial charge >= 0.3 is 0 Å². The van der Waals surface area contributed by atoms with E-state index in [1.54, 1.807) is 0 Å². The van der Waals surface area contributed by atoms with E-state index in [0.29, 0.717) is 5.92 Å². The van der Waals surface area contributed by atoms with Crippen LogP contribution in [0.5, 0.6) is 0 Å². The molecule has 0 atom stereocenters. The molecule has 0 spiro atoms. The second-order valence-corrected chi connectivity index (χ2v) is 2.57. The smallest absolute Gasteiger partial charge is 0.0695 e. The third-order valence-electron chi connectivity index (χ3n) is 1.73. The summed E-state index contributed by atoms with van der Waals surface area (Å²) in [5.74, 6) is 3.32. The van der Waals surface area contributed by atoms with Crippen molar-refractivity contribution in [1.82, 2.24) is 0 Å². The highest BCUT2D eigenvalue weighted by molar-refractivity contribution is 5.39. The van der Waals surface area contributed by atoms with Crippen molar-refractivity contribution in [2.75, 3.05) is 0 Å². The second-order valence-electron chi connectivity index (χ2n) is 2.57. The number of hydrogen-bond donors (Lipinski definition) is 0. The average molecular weight is 106 g/mol. The van der Waals surface area contributed by atoms with Gasteiger partial charge in [0.2, 0.25) is 0 Å². The molecule has 0 aliphatic heterocycles. The third-order valence-corrected chi connectivity index (χ3v) is 1.73. The minimum Gasteiger partial charge on any atom is -0.119 e. The van der Waals surface area contributed by atoms with Crippen molar-refractivity contribution in [2.24, 2.45) is 11.3 Å². The Labute approximate surface area is 50.6 Å². The summed E-state index contributed by atoms with van der Waals surface area (Å²) >= 11 is 0. The summed E-state index contributed by atoms with van der Waals surface area (Å²) in [4.78, 5) is 0. The summed E-state index contributed by atoms with van der Waals surface area (Å²) in [6.07, 6.45) is 9.42. The van der Waals surface area contributed by atoms with E-state index in [1.807, 2.05) is 0 Å². The van der Waals surface area contributed by atoms with Gasteiger partial charge < -0.3 is 0 Å². The Kier molecular flexibility index (Phi) is 0.942. The monoisotopic (exact) mass is 106 g/mol. The van der Waals surface area contributed by atoms with Crippen LogP contribution < -0.4 is 0 Å². The zero-order valence-electron chi connectivity index (χ0n) is 5.31.